The van der Waals surface area contributed by atoms with Crippen molar-refractivity contribution in [3.8, 4) is 0 Å². The zero-order valence-electron chi connectivity index (χ0n) is 11.3. The van der Waals surface area contributed by atoms with Gasteiger partial charge in [-0.15, -0.1) is 0 Å². The topological polar surface area (TPSA) is 64.1 Å². The maximum Gasteiger partial charge on any atom is 0.169 e. The van der Waals surface area contributed by atoms with Crippen molar-refractivity contribution in [1.82, 2.24) is 0 Å². The minimum atomic E-state index is -0.551. The highest BCUT2D eigenvalue weighted by molar-refractivity contribution is 6.33. The molecule has 5 N–H and O–H groups in total. The number of nitrogens with two attached hydrogens (primary N) is 2. The number of hydrogen-bond acceptors (Lipinski definition) is 3. The highest BCUT2D eigenvalue weighted by Gasteiger charge is 2.27. The molecule has 3 nitrogen and oxygen atoms in total. The average molecular weight is 286 g/mol. The summed E-state index contributed by atoms with van der Waals surface area (Å²) in [5, 5.41) is 3.15. The van der Waals surface area contributed by atoms with E-state index < -0.39 is 5.82 Å². The van der Waals surface area contributed by atoms with Gasteiger partial charge in [0, 0.05) is 6.04 Å². The van der Waals surface area contributed by atoms with Crippen LogP contribution in [0, 0.1) is 17.7 Å². The van der Waals surface area contributed by atoms with E-state index in [1.54, 1.807) is 0 Å². The van der Waals surface area contributed by atoms with Crippen molar-refractivity contribution in [2.75, 3.05) is 16.8 Å². The van der Waals surface area contributed by atoms with E-state index in [-0.39, 0.29) is 22.4 Å². The number of anilines is 3. The number of halogens is 2. The molecule has 1 aromatic rings. The Labute approximate surface area is 118 Å². The van der Waals surface area contributed by atoms with Gasteiger partial charge in [0.1, 0.15) is 5.02 Å². The Hall–Kier alpha value is -1.16. The minimum absolute atomic E-state index is 0.0615. The maximum absolute atomic E-state index is 14.1. The van der Waals surface area contributed by atoms with Crippen molar-refractivity contribution < 1.29 is 4.39 Å². The first-order valence-corrected chi connectivity index (χ1v) is 7.07. The molecule has 3 unspecified atom stereocenters. The minimum Gasteiger partial charge on any atom is -0.397 e. The van der Waals surface area contributed by atoms with Crippen LogP contribution >= 0.6 is 11.6 Å². The maximum atomic E-state index is 14.1. The lowest BCUT2D eigenvalue weighted by Gasteiger charge is -2.34. The smallest absolute Gasteiger partial charge is 0.169 e. The molecule has 0 amide bonds. The zero-order valence-corrected chi connectivity index (χ0v) is 12.1. The Kier molecular flexibility index (Phi) is 4.09. The van der Waals surface area contributed by atoms with Gasteiger partial charge >= 0.3 is 0 Å². The van der Waals surface area contributed by atoms with E-state index in [0.717, 1.165) is 25.2 Å². The molecule has 1 saturated carbocycles. The van der Waals surface area contributed by atoms with Gasteiger partial charge in [0.2, 0.25) is 0 Å². The van der Waals surface area contributed by atoms with Crippen molar-refractivity contribution in [3.63, 3.8) is 0 Å². The molecule has 1 fully saturated rings. The van der Waals surface area contributed by atoms with Crippen LogP contribution in [0.25, 0.3) is 0 Å². The Bertz CT molecular complexity index is 478. The van der Waals surface area contributed by atoms with E-state index >= 15 is 0 Å². The Morgan fingerprint density at radius 1 is 1.26 bits per heavy atom. The molecule has 1 aliphatic rings. The highest BCUT2D eigenvalue weighted by Crippen LogP contribution is 2.37. The van der Waals surface area contributed by atoms with E-state index in [1.807, 2.05) is 0 Å². The van der Waals surface area contributed by atoms with Gasteiger partial charge in [0.05, 0.1) is 17.1 Å². The third-order valence-corrected chi connectivity index (χ3v) is 4.41. The molecule has 0 saturated heterocycles. The molecule has 5 heteroatoms. The molecule has 3 atom stereocenters. The Balaban J connectivity index is 2.22. The van der Waals surface area contributed by atoms with Crippen LogP contribution in [-0.4, -0.2) is 6.04 Å². The summed E-state index contributed by atoms with van der Waals surface area (Å²) in [7, 11) is 0. The molecule has 0 bridgehead atoms. The third kappa shape index (κ3) is 2.89. The molecule has 0 spiro atoms. The van der Waals surface area contributed by atoms with Gasteiger partial charge in [-0.05, 0) is 37.2 Å². The Morgan fingerprint density at radius 2 is 1.95 bits per heavy atom. The average Bonchev–Trinajstić information content (AvgIpc) is 2.34. The molecule has 0 radical (unpaired) electrons. The lowest BCUT2D eigenvalue weighted by Crippen LogP contribution is -2.33. The molecule has 19 heavy (non-hydrogen) atoms. The number of nitrogen functional groups attached to an aromatic ring is 2. The van der Waals surface area contributed by atoms with Crippen molar-refractivity contribution in [2.24, 2.45) is 11.8 Å². The van der Waals surface area contributed by atoms with Gasteiger partial charge in [0.15, 0.2) is 5.82 Å². The van der Waals surface area contributed by atoms with E-state index in [9.17, 15) is 4.39 Å². The van der Waals surface area contributed by atoms with E-state index in [1.165, 1.54) is 6.07 Å². The fourth-order valence-electron chi connectivity index (χ4n) is 2.88. The predicted molar refractivity (Wildman–Crippen MR) is 79.8 cm³/mol. The number of nitrogens with one attached hydrogen (secondary N) is 1. The second-order valence-corrected chi connectivity index (χ2v) is 6.08. The summed E-state index contributed by atoms with van der Waals surface area (Å²) in [4.78, 5) is 0. The van der Waals surface area contributed by atoms with Crippen molar-refractivity contribution in [2.45, 2.75) is 39.2 Å². The third-order valence-electron chi connectivity index (χ3n) is 4.03. The lowest BCUT2D eigenvalue weighted by atomic mass is 9.80. The molecule has 0 heterocycles. The van der Waals surface area contributed by atoms with Crippen molar-refractivity contribution in [1.29, 1.82) is 0 Å². The number of hydrogen-bond donors (Lipinski definition) is 3. The van der Waals surface area contributed by atoms with Crippen LogP contribution in [0.2, 0.25) is 5.02 Å². The summed E-state index contributed by atoms with van der Waals surface area (Å²) in [5.41, 5.74) is 12.2. The standard InChI is InChI=1S/C14H21ClFN3/c1-7-3-4-11(8(2)5-7)19-14-10(18)6-9(17)12(15)13(14)16/h6-8,11,19H,3-5,17-18H2,1-2H3. The van der Waals surface area contributed by atoms with Crippen molar-refractivity contribution in [3.05, 3.63) is 16.9 Å². The van der Waals surface area contributed by atoms with Crippen LogP contribution in [-0.2, 0) is 0 Å². The van der Waals surface area contributed by atoms with Gasteiger partial charge < -0.3 is 16.8 Å². The number of benzene rings is 1. The van der Waals surface area contributed by atoms with E-state index in [4.69, 9.17) is 23.1 Å². The first kappa shape index (κ1) is 14.3. The lowest BCUT2D eigenvalue weighted by molar-refractivity contribution is 0.276. The highest BCUT2D eigenvalue weighted by atomic mass is 35.5. The quantitative estimate of drug-likeness (QED) is 0.723. The zero-order chi connectivity index (χ0) is 14.2. The first-order valence-electron chi connectivity index (χ1n) is 6.69. The summed E-state index contributed by atoms with van der Waals surface area (Å²) >= 11 is 5.84. The van der Waals surface area contributed by atoms with E-state index in [0.29, 0.717) is 11.6 Å². The predicted octanol–water partition coefficient (Wildman–Crippen LogP) is 3.88. The first-order chi connectivity index (χ1) is 8.90. The van der Waals surface area contributed by atoms with Gasteiger partial charge in [-0.2, -0.15) is 0 Å². The molecule has 106 valence electrons. The van der Waals surface area contributed by atoms with Crippen LogP contribution in [0.5, 0.6) is 0 Å². The molecule has 2 rings (SSSR count). The molecule has 1 aliphatic carbocycles. The van der Waals surface area contributed by atoms with Crippen LogP contribution in [0.4, 0.5) is 21.5 Å². The van der Waals surface area contributed by atoms with Crippen molar-refractivity contribution >= 4 is 28.7 Å². The summed E-state index contributed by atoms with van der Waals surface area (Å²) in [5.74, 6) is 0.661. The molecular weight excluding hydrogens is 265 g/mol. The molecule has 0 aromatic heterocycles. The van der Waals surface area contributed by atoms with Gasteiger partial charge in [-0.1, -0.05) is 25.4 Å². The monoisotopic (exact) mass is 285 g/mol. The Morgan fingerprint density at radius 3 is 2.58 bits per heavy atom. The second-order valence-electron chi connectivity index (χ2n) is 5.70. The van der Waals surface area contributed by atoms with Crippen LogP contribution in [0.3, 0.4) is 0 Å². The molecular formula is C14H21ClFN3. The molecule has 0 aliphatic heterocycles. The van der Waals surface area contributed by atoms with E-state index in [2.05, 4.69) is 19.2 Å². The summed E-state index contributed by atoms with van der Waals surface area (Å²) in [6.45, 7) is 4.43. The number of rotatable bonds is 2. The van der Waals surface area contributed by atoms with Gasteiger partial charge in [-0.3, -0.25) is 0 Å². The second kappa shape index (κ2) is 5.45. The van der Waals surface area contributed by atoms with Crippen LogP contribution in [0.1, 0.15) is 33.1 Å². The van der Waals surface area contributed by atoms with Crippen LogP contribution < -0.4 is 16.8 Å². The normalized spacial score (nSPS) is 27.3. The summed E-state index contributed by atoms with van der Waals surface area (Å²) in [6.07, 6.45) is 3.30. The fourth-order valence-corrected chi connectivity index (χ4v) is 3.03. The van der Waals surface area contributed by atoms with Crippen LogP contribution in [0.15, 0.2) is 6.07 Å². The van der Waals surface area contributed by atoms with Gasteiger partial charge in [-0.25, -0.2) is 4.39 Å². The summed E-state index contributed by atoms with van der Waals surface area (Å²) < 4.78 is 14.1. The van der Waals surface area contributed by atoms with Gasteiger partial charge in [0.25, 0.3) is 0 Å². The fraction of sp³-hybridized carbons (Fsp3) is 0.571. The SMILES string of the molecule is CC1CCC(Nc2c(N)cc(N)c(Cl)c2F)C(C)C1. The largest absolute Gasteiger partial charge is 0.397 e. The molecule has 1 aromatic carbocycles. The summed E-state index contributed by atoms with van der Waals surface area (Å²) in [6, 6.07) is 1.73.